The van der Waals surface area contributed by atoms with Crippen molar-refractivity contribution >= 4 is 0 Å². The second kappa shape index (κ2) is 9.73. The molecule has 0 spiro atoms. The number of likely N-dealkylation sites (tertiary alicyclic amines) is 1. The van der Waals surface area contributed by atoms with E-state index in [1.54, 1.807) is 0 Å². The Morgan fingerprint density at radius 2 is 1.89 bits per heavy atom. The molecule has 1 aliphatic rings. The molecular formula is C16H35N3. The van der Waals surface area contributed by atoms with Gasteiger partial charge < -0.3 is 15.5 Å². The summed E-state index contributed by atoms with van der Waals surface area (Å²) in [5, 5.41) is 0. The van der Waals surface area contributed by atoms with Gasteiger partial charge in [-0.2, -0.15) is 0 Å². The van der Waals surface area contributed by atoms with Crippen LogP contribution in [0.25, 0.3) is 0 Å². The lowest BCUT2D eigenvalue weighted by Gasteiger charge is -2.36. The van der Waals surface area contributed by atoms with Gasteiger partial charge >= 0.3 is 0 Å². The second-order valence-electron chi connectivity index (χ2n) is 6.14. The van der Waals surface area contributed by atoms with E-state index in [1.165, 1.54) is 64.7 Å². The second-order valence-corrected chi connectivity index (χ2v) is 6.14. The first-order valence-electron chi connectivity index (χ1n) is 8.33. The number of rotatable bonds is 9. The molecule has 0 saturated carbocycles. The highest BCUT2D eigenvalue weighted by atomic mass is 15.2. The van der Waals surface area contributed by atoms with Gasteiger partial charge in [0.1, 0.15) is 0 Å². The van der Waals surface area contributed by atoms with Crippen LogP contribution in [0.1, 0.15) is 52.4 Å². The Bertz CT molecular complexity index is 212. The Morgan fingerprint density at radius 3 is 2.42 bits per heavy atom. The third-order valence-corrected chi connectivity index (χ3v) is 4.90. The fourth-order valence-corrected chi connectivity index (χ4v) is 3.28. The van der Waals surface area contributed by atoms with Crippen LogP contribution in [0.2, 0.25) is 0 Å². The van der Waals surface area contributed by atoms with Gasteiger partial charge in [0, 0.05) is 6.04 Å². The van der Waals surface area contributed by atoms with E-state index in [4.69, 9.17) is 5.73 Å². The summed E-state index contributed by atoms with van der Waals surface area (Å²) in [6.45, 7) is 10.5. The summed E-state index contributed by atoms with van der Waals surface area (Å²) in [5.74, 6) is 0.848. The summed E-state index contributed by atoms with van der Waals surface area (Å²) >= 11 is 0. The third-order valence-electron chi connectivity index (χ3n) is 4.90. The highest BCUT2D eigenvalue weighted by Crippen LogP contribution is 2.18. The standard InChI is InChI=1S/C16H35N3/c1-4-15(8-11-17)7-6-12-18(3)16-9-13-19(5-2)14-10-16/h15-16H,4-14,17H2,1-3H3. The normalized spacial score (nSPS) is 20.1. The Hall–Kier alpha value is -0.120. The summed E-state index contributed by atoms with van der Waals surface area (Å²) in [4.78, 5) is 5.17. The molecule has 19 heavy (non-hydrogen) atoms. The van der Waals surface area contributed by atoms with Crippen molar-refractivity contribution in [1.82, 2.24) is 9.80 Å². The summed E-state index contributed by atoms with van der Waals surface area (Å²) in [6.07, 6.45) is 7.88. The third kappa shape index (κ3) is 6.24. The molecule has 3 nitrogen and oxygen atoms in total. The van der Waals surface area contributed by atoms with Crippen molar-refractivity contribution in [2.45, 2.75) is 58.4 Å². The Labute approximate surface area is 120 Å². The molecule has 2 N–H and O–H groups in total. The predicted octanol–water partition coefficient (Wildman–Crippen LogP) is 2.56. The molecule has 0 amide bonds. The molecule has 0 aromatic rings. The predicted molar refractivity (Wildman–Crippen MR) is 84.5 cm³/mol. The maximum atomic E-state index is 5.66. The van der Waals surface area contributed by atoms with Crippen molar-refractivity contribution in [3.63, 3.8) is 0 Å². The smallest absolute Gasteiger partial charge is 0.0117 e. The minimum Gasteiger partial charge on any atom is -0.330 e. The minimum atomic E-state index is 0.817. The average Bonchev–Trinajstić information content (AvgIpc) is 2.46. The van der Waals surface area contributed by atoms with Gasteiger partial charge in [0.05, 0.1) is 0 Å². The van der Waals surface area contributed by atoms with Gasteiger partial charge in [0.15, 0.2) is 0 Å². The molecule has 3 heteroatoms. The Balaban J connectivity index is 2.15. The van der Waals surface area contributed by atoms with Crippen LogP contribution < -0.4 is 5.73 Å². The monoisotopic (exact) mass is 269 g/mol. The summed E-state index contributed by atoms with van der Waals surface area (Å²) < 4.78 is 0. The average molecular weight is 269 g/mol. The van der Waals surface area contributed by atoms with Crippen molar-refractivity contribution in [3.8, 4) is 0 Å². The molecule has 0 radical (unpaired) electrons. The zero-order chi connectivity index (χ0) is 14.1. The molecule has 0 aliphatic carbocycles. The molecule has 1 heterocycles. The number of nitrogens with zero attached hydrogens (tertiary/aromatic N) is 2. The lowest BCUT2D eigenvalue weighted by Crippen LogP contribution is -2.43. The van der Waals surface area contributed by atoms with E-state index in [0.717, 1.165) is 18.5 Å². The molecule has 1 fully saturated rings. The molecule has 0 aromatic heterocycles. The number of piperidine rings is 1. The highest BCUT2D eigenvalue weighted by molar-refractivity contribution is 4.77. The van der Waals surface area contributed by atoms with Crippen LogP contribution in [0.15, 0.2) is 0 Å². The van der Waals surface area contributed by atoms with Crippen LogP contribution in [-0.2, 0) is 0 Å². The van der Waals surface area contributed by atoms with Crippen molar-refractivity contribution in [2.75, 3.05) is 39.8 Å². The SMILES string of the molecule is CCC(CCN)CCCN(C)C1CCN(CC)CC1. The van der Waals surface area contributed by atoms with E-state index >= 15 is 0 Å². The fraction of sp³-hybridized carbons (Fsp3) is 1.00. The zero-order valence-corrected chi connectivity index (χ0v) is 13.4. The van der Waals surface area contributed by atoms with Crippen LogP contribution >= 0.6 is 0 Å². The van der Waals surface area contributed by atoms with Crippen molar-refractivity contribution in [1.29, 1.82) is 0 Å². The van der Waals surface area contributed by atoms with Crippen molar-refractivity contribution in [2.24, 2.45) is 11.7 Å². The van der Waals surface area contributed by atoms with E-state index in [2.05, 4.69) is 30.7 Å². The molecule has 1 aliphatic heterocycles. The van der Waals surface area contributed by atoms with Gasteiger partial charge in [-0.25, -0.2) is 0 Å². The quantitative estimate of drug-likeness (QED) is 0.698. The summed E-state index contributed by atoms with van der Waals surface area (Å²) in [6, 6.07) is 0.817. The van der Waals surface area contributed by atoms with Gasteiger partial charge in [0.2, 0.25) is 0 Å². The first-order valence-corrected chi connectivity index (χ1v) is 8.33. The molecule has 1 atom stereocenters. The van der Waals surface area contributed by atoms with E-state index in [1.807, 2.05) is 0 Å². The van der Waals surface area contributed by atoms with E-state index in [-0.39, 0.29) is 0 Å². The van der Waals surface area contributed by atoms with Crippen LogP contribution in [0.4, 0.5) is 0 Å². The molecular weight excluding hydrogens is 234 g/mol. The molecule has 0 bridgehead atoms. The van der Waals surface area contributed by atoms with Gasteiger partial charge in [-0.15, -0.1) is 0 Å². The maximum absolute atomic E-state index is 5.66. The summed E-state index contributed by atoms with van der Waals surface area (Å²) in [7, 11) is 2.32. The number of hydrogen-bond donors (Lipinski definition) is 1. The highest BCUT2D eigenvalue weighted by Gasteiger charge is 2.21. The van der Waals surface area contributed by atoms with Crippen molar-refractivity contribution < 1.29 is 0 Å². The molecule has 1 unspecified atom stereocenters. The molecule has 1 rings (SSSR count). The lowest BCUT2D eigenvalue weighted by atomic mass is 9.96. The topological polar surface area (TPSA) is 32.5 Å². The van der Waals surface area contributed by atoms with Crippen LogP contribution in [0.5, 0.6) is 0 Å². The molecule has 1 saturated heterocycles. The minimum absolute atomic E-state index is 0.817. The van der Waals surface area contributed by atoms with Crippen LogP contribution in [-0.4, -0.2) is 55.6 Å². The van der Waals surface area contributed by atoms with Gasteiger partial charge in [0.25, 0.3) is 0 Å². The zero-order valence-electron chi connectivity index (χ0n) is 13.4. The largest absolute Gasteiger partial charge is 0.330 e. The van der Waals surface area contributed by atoms with Gasteiger partial charge in [-0.3, -0.25) is 0 Å². The number of hydrogen-bond acceptors (Lipinski definition) is 3. The van der Waals surface area contributed by atoms with E-state index in [0.29, 0.717) is 0 Å². The van der Waals surface area contributed by atoms with Crippen LogP contribution in [0.3, 0.4) is 0 Å². The first kappa shape index (κ1) is 16.9. The molecule has 114 valence electrons. The first-order chi connectivity index (χ1) is 9.21. The van der Waals surface area contributed by atoms with Crippen LogP contribution in [0, 0.1) is 5.92 Å². The Kier molecular flexibility index (Phi) is 8.67. The fourth-order valence-electron chi connectivity index (χ4n) is 3.28. The van der Waals surface area contributed by atoms with E-state index in [9.17, 15) is 0 Å². The number of nitrogens with two attached hydrogens (primary N) is 1. The Morgan fingerprint density at radius 1 is 1.21 bits per heavy atom. The van der Waals surface area contributed by atoms with Gasteiger partial charge in [-0.1, -0.05) is 20.3 Å². The lowest BCUT2D eigenvalue weighted by molar-refractivity contribution is 0.129. The molecule has 0 aromatic carbocycles. The summed E-state index contributed by atoms with van der Waals surface area (Å²) in [5.41, 5.74) is 5.66. The maximum Gasteiger partial charge on any atom is 0.0117 e. The van der Waals surface area contributed by atoms with Gasteiger partial charge in [-0.05, 0) is 77.8 Å². The van der Waals surface area contributed by atoms with Crippen molar-refractivity contribution in [3.05, 3.63) is 0 Å². The van der Waals surface area contributed by atoms with E-state index < -0.39 is 0 Å².